The van der Waals surface area contributed by atoms with Gasteiger partial charge in [-0.1, -0.05) is 6.92 Å². The van der Waals surface area contributed by atoms with E-state index >= 15 is 0 Å². The normalized spacial score (nSPS) is 51.3. The van der Waals surface area contributed by atoms with Crippen LogP contribution in [0.5, 0.6) is 0 Å². The molecule has 2 aliphatic heterocycles. The van der Waals surface area contributed by atoms with E-state index in [1.165, 1.54) is 7.11 Å². The van der Waals surface area contributed by atoms with Crippen LogP contribution < -0.4 is 0 Å². The molecule has 12 atom stereocenters. The molecule has 4 aliphatic carbocycles. The van der Waals surface area contributed by atoms with E-state index in [1.54, 1.807) is 6.08 Å². The minimum Gasteiger partial charge on any atom is -0.481 e. The Morgan fingerprint density at radius 1 is 1.10 bits per heavy atom. The lowest BCUT2D eigenvalue weighted by Crippen LogP contribution is -2.70. The molecule has 1 saturated heterocycles. The topological polar surface area (TPSA) is 152 Å². The van der Waals surface area contributed by atoms with Gasteiger partial charge >= 0.3 is 11.9 Å². The number of rotatable bonds is 6. The van der Waals surface area contributed by atoms with E-state index in [1.807, 2.05) is 6.92 Å². The number of ether oxygens (including phenoxy) is 4. The summed E-state index contributed by atoms with van der Waals surface area (Å²) >= 11 is 0. The second-order valence-corrected chi connectivity index (χ2v) is 14.0. The maximum absolute atomic E-state index is 13.2. The number of aliphatic hydroxyl groups excluding tert-OH is 1. The SMILES string of the molecule is CO[C@@H]1[C@H](O)C[C@@H](C)O[C@H]1COC1CCC2(C(=O)O)C3CCC4(C)C(C5=CC(=O)OC5)CCC4(O)C3CCC2(O)C1. The maximum Gasteiger partial charge on any atom is 0.331 e. The molecule has 0 aromatic heterocycles. The molecule has 0 amide bonds. The van der Waals surface area contributed by atoms with Gasteiger partial charge in [0.2, 0.25) is 0 Å². The van der Waals surface area contributed by atoms with Gasteiger partial charge in [-0.2, -0.15) is 0 Å². The van der Waals surface area contributed by atoms with E-state index in [0.29, 0.717) is 38.5 Å². The molecule has 5 fully saturated rings. The summed E-state index contributed by atoms with van der Waals surface area (Å²) in [4.78, 5) is 25.0. The summed E-state index contributed by atoms with van der Waals surface area (Å²) in [7, 11) is 1.54. The average molecular weight is 579 g/mol. The van der Waals surface area contributed by atoms with Gasteiger partial charge in [0.1, 0.15) is 18.8 Å². The number of hydrogen-bond acceptors (Lipinski definition) is 9. The molecule has 230 valence electrons. The first kappa shape index (κ1) is 29.5. The van der Waals surface area contributed by atoms with Crippen LogP contribution in [-0.2, 0) is 28.5 Å². The number of hydrogen-bond donors (Lipinski definition) is 4. The van der Waals surface area contributed by atoms with Crippen molar-refractivity contribution >= 4 is 11.9 Å². The van der Waals surface area contributed by atoms with Gasteiger partial charge in [-0.05, 0) is 81.6 Å². The van der Waals surface area contributed by atoms with E-state index in [-0.39, 0.29) is 68.4 Å². The van der Waals surface area contributed by atoms with Crippen molar-refractivity contribution in [1.29, 1.82) is 0 Å². The van der Waals surface area contributed by atoms with E-state index < -0.39 is 46.3 Å². The number of carbonyl (C=O) groups is 2. The Morgan fingerprint density at radius 3 is 2.54 bits per heavy atom. The summed E-state index contributed by atoms with van der Waals surface area (Å²) in [5, 5.41) is 45.8. The van der Waals surface area contributed by atoms with Gasteiger partial charge < -0.3 is 39.4 Å². The van der Waals surface area contributed by atoms with E-state index in [0.717, 1.165) is 12.0 Å². The third-order valence-electron chi connectivity index (χ3n) is 12.4. The number of cyclic esters (lactones) is 1. The Kier molecular flexibility index (Phi) is 7.39. The Morgan fingerprint density at radius 2 is 1.85 bits per heavy atom. The number of aliphatic carboxylic acids is 1. The van der Waals surface area contributed by atoms with Crippen molar-refractivity contribution < 1.29 is 49.0 Å². The Balaban J connectivity index is 1.21. The first-order chi connectivity index (χ1) is 19.4. The molecule has 6 aliphatic rings. The predicted molar refractivity (Wildman–Crippen MR) is 145 cm³/mol. The molecule has 0 radical (unpaired) electrons. The fraction of sp³-hybridized carbons (Fsp3) is 0.871. The number of fused-ring (bicyclic) bond motifs is 5. The molecular weight excluding hydrogens is 532 g/mol. The van der Waals surface area contributed by atoms with Crippen LogP contribution in [0.2, 0.25) is 0 Å². The zero-order valence-electron chi connectivity index (χ0n) is 24.4. The van der Waals surface area contributed by atoms with Crippen LogP contribution in [0.3, 0.4) is 0 Å². The van der Waals surface area contributed by atoms with Crippen LogP contribution in [0.15, 0.2) is 11.6 Å². The second kappa shape index (κ2) is 10.3. The van der Waals surface area contributed by atoms with Crippen LogP contribution in [0, 0.1) is 28.6 Å². The fourth-order valence-corrected chi connectivity index (χ4v) is 10.4. The lowest BCUT2D eigenvalue weighted by Gasteiger charge is -2.65. The number of aliphatic hydroxyl groups is 3. The van der Waals surface area contributed by atoms with Crippen LogP contribution >= 0.6 is 0 Å². The van der Waals surface area contributed by atoms with Gasteiger partial charge in [0, 0.05) is 31.4 Å². The van der Waals surface area contributed by atoms with Gasteiger partial charge in [0.25, 0.3) is 0 Å². The highest BCUT2D eigenvalue weighted by Crippen LogP contribution is 2.70. The fourth-order valence-electron chi connectivity index (χ4n) is 10.4. The first-order valence-corrected chi connectivity index (χ1v) is 15.4. The summed E-state index contributed by atoms with van der Waals surface area (Å²) in [6, 6.07) is 0. The molecular formula is C31H46O10. The molecule has 0 aromatic carbocycles. The zero-order chi connectivity index (χ0) is 29.4. The largest absolute Gasteiger partial charge is 0.481 e. The standard InChI is InChI=1S/C31H46O10/c1-17-12-23(32)26(38-3)24(41-17)16-39-19-4-10-30(27(34)35)21-5-8-28(2)20(18-13-25(33)40-15-18)7-11-31(28,37)22(21)6-9-29(30,36)14-19/h13,17,19-24,26,32,36-37H,4-12,14-16H2,1-3H3,(H,34,35)/t17-,19?,20?,21?,22?,23-,24+,26-,28?,29?,30?,31?/m1/s1. The monoisotopic (exact) mass is 578 g/mol. The first-order valence-electron chi connectivity index (χ1n) is 15.4. The summed E-state index contributed by atoms with van der Waals surface area (Å²) in [6.07, 6.45) is 4.24. The van der Waals surface area contributed by atoms with Crippen LogP contribution in [0.1, 0.15) is 78.1 Å². The van der Waals surface area contributed by atoms with Crippen molar-refractivity contribution in [2.75, 3.05) is 20.3 Å². The van der Waals surface area contributed by atoms with Crippen LogP contribution in [0.25, 0.3) is 0 Å². The highest BCUT2D eigenvalue weighted by atomic mass is 16.6. The van der Waals surface area contributed by atoms with Crippen molar-refractivity contribution in [1.82, 2.24) is 0 Å². The van der Waals surface area contributed by atoms with Gasteiger partial charge in [-0.3, -0.25) is 4.79 Å². The smallest absolute Gasteiger partial charge is 0.331 e. The Bertz CT molecular complexity index is 1090. The predicted octanol–water partition coefficient (Wildman–Crippen LogP) is 2.36. The molecule has 4 saturated carbocycles. The van der Waals surface area contributed by atoms with Crippen molar-refractivity contribution in [2.24, 2.45) is 28.6 Å². The number of esters is 1. The van der Waals surface area contributed by atoms with Crippen molar-refractivity contribution in [2.45, 2.75) is 120 Å². The van der Waals surface area contributed by atoms with Crippen molar-refractivity contribution in [3.05, 3.63) is 11.6 Å². The van der Waals surface area contributed by atoms with Crippen LogP contribution in [-0.4, -0.2) is 94.4 Å². The highest BCUT2D eigenvalue weighted by molar-refractivity contribution is 5.85. The highest BCUT2D eigenvalue weighted by Gasteiger charge is 2.73. The van der Waals surface area contributed by atoms with E-state index in [9.17, 15) is 30.0 Å². The Hall–Kier alpha value is -1.56. The quantitative estimate of drug-likeness (QED) is 0.346. The van der Waals surface area contributed by atoms with Crippen LogP contribution in [0.4, 0.5) is 0 Å². The van der Waals surface area contributed by atoms with Gasteiger partial charge in [-0.25, -0.2) is 4.79 Å². The molecule has 10 heteroatoms. The number of carboxylic acids is 1. The number of carboxylic acid groups (broad SMARTS) is 1. The van der Waals surface area contributed by atoms with Crippen molar-refractivity contribution in [3.8, 4) is 0 Å². The maximum atomic E-state index is 13.2. The summed E-state index contributed by atoms with van der Waals surface area (Å²) in [6.45, 7) is 4.45. The van der Waals surface area contributed by atoms with Gasteiger partial charge in [-0.15, -0.1) is 0 Å². The molecule has 8 unspecified atom stereocenters. The van der Waals surface area contributed by atoms with E-state index in [2.05, 4.69) is 6.92 Å². The lowest BCUT2D eigenvalue weighted by atomic mass is 9.41. The lowest BCUT2D eigenvalue weighted by molar-refractivity contribution is -0.265. The van der Waals surface area contributed by atoms with Crippen molar-refractivity contribution in [3.63, 3.8) is 0 Å². The zero-order valence-corrected chi connectivity index (χ0v) is 24.4. The Labute approximate surface area is 241 Å². The summed E-state index contributed by atoms with van der Waals surface area (Å²) in [5.41, 5.74) is -3.44. The molecule has 41 heavy (non-hydrogen) atoms. The van der Waals surface area contributed by atoms with E-state index in [4.69, 9.17) is 18.9 Å². The average Bonchev–Trinajstić information content (AvgIpc) is 3.46. The number of methoxy groups -OCH3 is 1. The molecule has 4 N–H and O–H groups in total. The minimum atomic E-state index is -1.46. The minimum absolute atomic E-state index is 0.0183. The van der Waals surface area contributed by atoms with Gasteiger partial charge in [0.05, 0.1) is 41.5 Å². The molecule has 0 aromatic rings. The third kappa shape index (κ3) is 4.26. The molecule has 6 rings (SSSR count). The number of carbonyl (C=O) groups excluding carboxylic acids is 1. The molecule has 0 bridgehead atoms. The third-order valence-corrected chi connectivity index (χ3v) is 12.4. The van der Waals surface area contributed by atoms with Gasteiger partial charge in [0.15, 0.2) is 0 Å². The summed E-state index contributed by atoms with van der Waals surface area (Å²) in [5.74, 6) is -1.91. The molecule has 0 spiro atoms. The molecule has 10 nitrogen and oxygen atoms in total. The second-order valence-electron chi connectivity index (χ2n) is 14.0. The summed E-state index contributed by atoms with van der Waals surface area (Å²) < 4.78 is 22.9. The molecule has 2 heterocycles.